The lowest BCUT2D eigenvalue weighted by Gasteiger charge is -2.15. The van der Waals surface area contributed by atoms with E-state index in [1.54, 1.807) is 19.2 Å². The molecule has 0 aliphatic carbocycles. The fourth-order valence-corrected chi connectivity index (χ4v) is 1.20. The van der Waals surface area contributed by atoms with E-state index in [0.29, 0.717) is 5.56 Å². The average Bonchev–Trinajstić information content (AvgIpc) is 2.14. The van der Waals surface area contributed by atoms with Crippen molar-refractivity contribution in [3.8, 4) is 0 Å². The molecule has 0 aromatic heterocycles. The van der Waals surface area contributed by atoms with E-state index in [1.807, 2.05) is 0 Å². The number of nitrogens with two attached hydrogens (primary N) is 1. The molecule has 13 heavy (non-hydrogen) atoms. The van der Waals surface area contributed by atoms with E-state index in [2.05, 4.69) is 5.32 Å². The highest BCUT2D eigenvalue weighted by molar-refractivity contribution is 5.49. The first-order chi connectivity index (χ1) is 6.20. The standard InChI is InChI=1S/C9H13FN2O/c1-12-8(5-13)6-3-2-4-7(10)9(6)11/h2-4,8,12-13H,5,11H2,1H3. The van der Waals surface area contributed by atoms with Crippen LogP contribution in [0.5, 0.6) is 0 Å². The minimum Gasteiger partial charge on any atom is -0.396 e. The van der Waals surface area contributed by atoms with Crippen LogP contribution >= 0.6 is 0 Å². The van der Waals surface area contributed by atoms with Crippen LogP contribution in [0.3, 0.4) is 0 Å². The molecule has 0 aliphatic rings. The van der Waals surface area contributed by atoms with Gasteiger partial charge in [0.05, 0.1) is 18.3 Å². The summed E-state index contributed by atoms with van der Waals surface area (Å²) < 4.78 is 13.0. The van der Waals surface area contributed by atoms with Crippen LogP contribution in [0.4, 0.5) is 10.1 Å². The normalized spacial score (nSPS) is 12.8. The Hall–Kier alpha value is -1.13. The van der Waals surface area contributed by atoms with E-state index in [-0.39, 0.29) is 18.3 Å². The number of rotatable bonds is 3. The Morgan fingerprint density at radius 2 is 2.31 bits per heavy atom. The lowest BCUT2D eigenvalue weighted by molar-refractivity contribution is 0.251. The fraction of sp³-hybridized carbons (Fsp3) is 0.333. The minimum absolute atomic E-state index is 0.0934. The number of hydrogen-bond donors (Lipinski definition) is 3. The number of aliphatic hydroxyl groups excluding tert-OH is 1. The van der Waals surface area contributed by atoms with Crippen molar-refractivity contribution in [3.63, 3.8) is 0 Å². The number of halogens is 1. The Balaban J connectivity index is 3.05. The molecule has 72 valence electrons. The quantitative estimate of drug-likeness (QED) is 0.605. The molecule has 0 fully saturated rings. The third-order valence-corrected chi connectivity index (χ3v) is 1.99. The SMILES string of the molecule is CNC(CO)c1cccc(F)c1N. The second kappa shape index (κ2) is 4.20. The van der Waals surface area contributed by atoms with Crippen molar-refractivity contribution < 1.29 is 9.50 Å². The van der Waals surface area contributed by atoms with Gasteiger partial charge in [-0.1, -0.05) is 12.1 Å². The first kappa shape index (κ1) is 9.95. The number of hydrogen-bond acceptors (Lipinski definition) is 3. The molecule has 4 N–H and O–H groups in total. The highest BCUT2D eigenvalue weighted by Gasteiger charge is 2.12. The number of nitrogen functional groups attached to an aromatic ring is 1. The molecular weight excluding hydrogens is 171 g/mol. The predicted octanol–water partition coefficient (Wildman–Crippen LogP) is 0.661. The second-order valence-corrected chi connectivity index (χ2v) is 2.77. The van der Waals surface area contributed by atoms with Crippen LogP contribution in [-0.2, 0) is 0 Å². The van der Waals surface area contributed by atoms with Gasteiger partial charge in [-0.05, 0) is 18.7 Å². The van der Waals surface area contributed by atoms with Crippen LogP contribution in [0.1, 0.15) is 11.6 Å². The van der Waals surface area contributed by atoms with Gasteiger partial charge in [0.15, 0.2) is 0 Å². The summed E-state index contributed by atoms with van der Waals surface area (Å²) in [5.74, 6) is -0.453. The molecule has 0 aliphatic heterocycles. The zero-order valence-electron chi connectivity index (χ0n) is 7.42. The molecule has 0 saturated carbocycles. The molecule has 0 radical (unpaired) electrons. The van der Waals surface area contributed by atoms with Crippen molar-refractivity contribution in [2.24, 2.45) is 0 Å². The van der Waals surface area contributed by atoms with Gasteiger partial charge in [-0.3, -0.25) is 0 Å². The Morgan fingerprint density at radius 3 is 2.85 bits per heavy atom. The van der Waals surface area contributed by atoms with Crippen molar-refractivity contribution >= 4 is 5.69 Å². The summed E-state index contributed by atoms with van der Waals surface area (Å²) >= 11 is 0. The minimum atomic E-state index is -0.453. The molecule has 0 spiro atoms. The lowest BCUT2D eigenvalue weighted by Crippen LogP contribution is -2.21. The first-order valence-corrected chi connectivity index (χ1v) is 4.02. The molecule has 1 rings (SSSR count). The number of nitrogens with one attached hydrogen (secondary N) is 1. The molecule has 1 aromatic rings. The maximum absolute atomic E-state index is 13.0. The summed E-state index contributed by atoms with van der Waals surface area (Å²) in [6.07, 6.45) is 0. The third-order valence-electron chi connectivity index (χ3n) is 1.99. The third kappa shape index (κ3) is 1.96. The Kier molecular flexibility index (Phi) is 3.22. The van der Waals surface area contributed by atoms with Crippen LogP contribution in [0.25, 0.3) is 0 Å². The summed E-state index contributed by atoms with van der Waals surface area (Å²) in [5, 5.41) is 11.8. The van der Waals surface area contributed by atoms with E-state index in [4.69, 9.17) is 10.8 Å². The summed E-state index contributed by atoms with van der Waals surface area (Å²) in [7, 11) is 1.69. The van der Waals surface area contributed by atoms with Crippen molar-refractivity contribution in [1.29, 1.82) is 0 Å². The van der Waals surface area contributed by atoms with Gasteiger partial charge in [0.1, 0.15) is 5.82 Å². The molecule has 0 bridgehead atoms. The number of aliphatic hydroxyl groups is 1. The highest BCUT2D eigenvalue weighted by Crippen LogP contribution is 2.22. The zero-order valence-corrected chi connectivity index (χ0v) is 7.42. The summed E-state index contributed by atoms with van der Waals surface area (Å²) in [4.78, 5) is 0. The maximum Gasteiger partial charge on any atom is 0.146 e. The van der Waals surface area contributed by atoms with E-state index < -0.39 is 5.82 Å². The Morgan fingerprint density at radius 1 is 1.62 bits per heavy atom. The van der Waals surface area contributed by atoms with Gasteiger partial charge in [-0.2, -0.15) is 0 Å². The van der Waals surface area contributed by atoms with Gasteiger partial charge in [-0.25, -0.2) is 4.39 Å². The van der Waals surface area contributed by atoms with E-state index >= 15 is 0 Å². The summed E-state index contributed by atoms with van der Waals surface area (Å²) in [6.45, 7) is -0.107. The monoisotopic (exact) mass is 184 g/mol. The average molecular weight is 184 g/mol. The maximum atomic E-state index is 13.0. The fourth-order valence-electron chi connectivity index (χ4n) is 1.20. The van der Waals surface area contributed by atoms with Gasteiger partial charge >= 0.3 is 0 Å². The molecule has 1 aromatic carbocycles. The van der Waals surface area contributed by atoms with Crippen LogP contribution in [0.2, 0.25) is 0 Å². The topological polar surface area (TPSA) is 58.3 Å². The van der Waals surface area contributed by atoms with Crippen LogP contribution in [0.15, 0.2) is 18.2 Å². The van der Waals surface area contributed by atoms with Crippen LogP contribution < -0.4 is 11.1 Å². The number of anilines is 1. The van der Waals surface area contributed by atoms with Crippen molar-refractivity contribution in [2.75, 3.05) is 19.4 Å². The van der Waals surface area contributed by atoms with Gasteiger partial charge in [0.2, 0.25) is 0 Å². The Bertz CT molecular complexity index is 287. The summed E-state index contributed by atoms with van der Waals surface area (Å²) in [6, 6.07) is 4.25. The van der Waals surface area contributed by atoms with Gasteiger partial charge in [0.25, 0.3) is 0 Å². The highest BCUT2D eigenvalue weighted by atomic mass is 19.1. The molecule has 4 heteroatoms. The van der Waals surface area contributed by atoms with Gasteiger partial charge in [-0.15, -0.1) is 0 Å². The Labute approximate surface area is 76.4 Å². The van der Waals surface area contributed by atoms with Crippen LogP contribution in [-0.4, -0.2) is 18.8 Å². The molecule has 1 unspecified atom stereocenters. The smallest absolute Gasteiger partial charge is 0.146 e. The number of para-hydroxylation sites is 1. The van der Waals surface area contributed by atoms with Crippen molar-refractivity contribution in [2.45, 2.75) is 6.04 Å². The van der Waals surface area contributed by atoms with Gasteiger partial charge < -0.3 is 16.2 Å². The second-order valence-electron chi connectivity index (χ2n) is 2.77. The summed E-state index contributed by atoms with van der Waals surface area (Å²) in [5.41, 5.74) is 6.19. The lowest BCUT2D eigenvalue weighted by atomic mass is 10.1. The van der Waals surface area contributed by atoms with Crippen molar-refractivity contribution in [3.05, 3.63) is 29.6 Å². The van der Waals surface area contributed by atoms with E-state index in [9.17, 15) is 4.39 Å². The molecule has 0 heterocycles. The van der Waals surface area contributed by atoms with Gasteiger partial charge in [0, 0.05) is 0 Å². The van der Waals surface area contributed by atoms with Crippen molar-refractivity contribution in [1.82, 2.24) is 5.32 Å². The van der Waals surface area contributed by atoms with E-state index in [1.165, 1.54) is 6.07 Å². The number of likely N-dealkylation sites (N-methyl/N-ethyl adjacent to an activating group) is 1. The van der Waals surface area contributed by atoms with E-state index in [0.717, 1.165) is 0 Å². The molecule has 3 nitrogen and oxygen atoms in total. The molecule has 1 atom stereocenters. The molecule has 0 amide bonds. The first-order valence-electron chi connectivity index (χ1n) is 4.02. The molecular formula is C9H13FN2O. The largest absolute Gasteiger partial charge is 0.396 e. The molecule has 0 saturated heterocycles. The predicted molar refractivity (Wildman–Crippen MR) is 49.7 cm³/mol. The van der Waals surface area contributed by atoms with Crippen LogP contribution in [0, 0.1) is 5.82 Å². The number of benzene rings is 1. The zero-order chi connectivity index (χ0) is 9.84.